The average Bonchev–Trinajstić information content (AvgIpc) is 3.39. The fraction of sp³-hybridized carbons (Fsp3) is 0.278. The molecule has 27 heavy (non-hydrogen) atoms. The van der Waals surface area contributed by atoms with Gasteiger partial charge in [0.1, 0.15) is 18.3 Å². The van der Waals surface area contributed by atoms with E-state index in [-0.39, 0.29) is 5.91 Å². The van der Waals surface area contributed by atoms with E-state index in [9.17, 15) is 4.79 Å². The molecular formula is C18H20N8O. The van der Waals surface area contributed by atoms with Crippen molar-refractivity contribution in [2.24, 2.45) is 0 Å². The number of nitrogens with zero attached hydrogens (tertiary/aromatic N) is 6. The number of fused-ring (bicyclic) bond motifs is 1. The quantitative estimate of drug-likeness (QED) is 0.538. The zero-order valence-corrected chi connectivity index (χ0v) is 15.2. The smallest absolute Gasteiger partial charge is 0.271 e. The Labute approximate surface area is 155 Å². The van der Waals surface area contributed by atoms with Crippen LogP contribution in [0.15, 0.2) is 37.2 Å². The van der Waals surface area contributed by atoms with E-state index < -0.39 is 0 Å². The number of aromatic nitrogens is 7. The van der Waals surface area contributed by atoms with Gasteiger partial charge in [-0.2, -0.15) is 5.10 Å². The summed E-state index contributed by atoms with van der Waals surface area (Å²) in [6.07, 6.45) is 5.03. The van der Waals surface area contributed by atoms with Crippen molar-refractivity contribution in [1.82, 2.24) is 39.8 Å². The van der Waals surface area contributed by atoms with Crippen molar-refractivity contribution in [3.05, 3.63) is 59.7 Å². The molecule has 1 amide bonds. The lowest BCUT2D eigenvalue weighted by Crippen LogP contribution is -2.27. The van der Waals surface area contributed by atoms with Crippen LogP contribution in [0.25, 0.3) is 11.0 Å². The Balaban J connectivity index is 1.42. The van der Waals surface area contributed by atoms with Crippen molar-refractivity contribution < 1.29 is 4.79 Å². The molecule has 3 aromatic heterocycles. The molecule has 0 unspecified atom stereocenters. The summed E-state index contributed by atoms with van der Waals surface area (Å²) in [7, 11) is 0. The molecule has 0 aliphatic rings. The van der Waals surface area contributed by atoms with Crippen molar-refractivity contribution in [3.63, 3.8) is 0 Å². The number of nitrogens with one attached hydrogen (secondary N) is 2. The Morgan fingerprint density at radius 1 is 1.11 bits per heavy atom. The first-order valence-electron chi connectivity index (χ1n) is 8.67. The highest BCUT2D eigenvalue weighted by Gasteiger charge is 2.12. The molecule has 0 fully saturated rings. The van der Waals surface area contributed by atoms with Crippen LogP contribution in [0.1, 0.15) is 27.3 Å². The minimum Gasteiger partial charge on any atom is -0.349 e. The number of imidazole rings is 1. The summed E-state index contributed by atoms with van der Waals surface area (Å²) < 4.78 is 3.84. The molecule has 0 spiro atoms. The van der Waals surface area contributed by atoms with Crippen molar-refractivity contribution in [3.8, 4) is 0 Å². The van der Waals surface area contributed by atoms with E-state index >= 15 is 0 Å². The van der Waals surface area contributed by atoms with Gasteiger partial charge in [0.15, 0.2) is 0 Å². The standard InChI is InChI=1S/C18H20N8O/c1-12-5-15-17(6-13(12)2)26(9-20-15)8-14-7-16(24-23-14)18(27)19-3-4-25-10-21-22-11-25/h5-7,9-11H,3-4,8H2,1-2H3,(H,19,27)(H,23,24). The first-order valence-corrected chi connectivity index (χ1v) is 8.67. The minimum atomic E-state index is -0.215. The van der Waals surface area contributed by atoms with E-state index in [0.29, 0.717) is 25.3 Å². The van der Waals surface area contributed by atoms with E-state index in [1.165, 1.54) is 11.1 Å². The molecule has 1 aromatic carbocycles. The molecule has 0 radical (unpaired) electrons. The molecule has 0 aliphatic carbocycles. The SMILES string of the molecule is Cc1cc2ncn(Cc3cc(C(=O)NCCn4cnnc4)n[nH]3)c2cc1C. The van der Waals surface area contributed by atoms with Crippen LogP contribution in [0.5, 0.6) is 0 Å². The lowest BCUT2D eigenvalue weighted by molar-refractivity contribution is 0.0947. The molecular weight excluding hydrogens is 344 g/mol. The highest BCUT2D eigenvalue weighted by Crippen LogP contribution is 2.19. The third kappa shape index (κ3) is 3.57. The second-order valence-corrected chi connectivity index (χ2v) is 6.53. The summed E-state index contributed by atoms with van der Waals surface area (Å²) >= 11 is 0. The molecule has 0 bridgehead atoms. The number of rotatable bonds is 6. The van der Waals surface area contributed by atoms with E-state index in [4.69, 9.17) is 0 Å². The van der Waals surface area contributed by atoms with Crippen LogP contribution in [0.3, 0.4) is 0 Å². The molecule has 2 N–H and O–H groups in total. The monoisotopic (exact) mass is 364 g/mol. The van der Waals surface area contributed by atoms with Crippen LogP contribution in [0.4, 0.5) is 0 Å². The third-order valence-corrected chi connectivity index (χ3v) is 4.56. The maximum atomic E-state index is 12.2. The summed E-state index contributed by atoms with van der Waals surface area (Å²) in [6.45, 7) is 5.82. The van der Waals surface area contributed by atoms with Crippen LogP contribution in [0, 0.1) is 13.8 Å². The molecule has 9 heteroatoms. The Hall–Kier alpha value is -3.49. The zero-order valence-electron chi connectivity index (χ0n) is 15.2. The number of carbonyl (C=O) groups is 1. The Morgan fingerprint density at radius 2 is 1.89 bits per heavy atom. The van der Waals surface area contributed by atoms with Gasteiger partial charge in [0.25, 0.3) is 5.91 Å². The van der Waals surface area contributed by atoms with Crippen molar-refractivity contribution in [2.75, 3.05) is 6.54 Å². The van der Waals surface area contributed by atoms with Crippen LogP contribution >= 0.6 is 0 Å². The van der Waals surface area contributed by atoms with Crippen LogP contribution in [-0.4, -0.2) is 47.0 Å². The fourth-order valence-corrected chi connectivity index (χ4v) is 2.91. The van der Waals surface area contributed by atoms with E-state index in [1.807, 2.05) is 10.9 Å². The Morgan fingerprint density at radius 3 is 2.70 bits per heavy atom. The fourth-order valence-electron chi connectivity index (χ4n) is 2.91. The van der Waals surface area contributed by atoms with Crippen LogP contribution in [-0.2, 0) is 13.1 Å². The second-order valence-electron chi connectivity index (χ2n) is 6.53. The van der Waals surface area contributed by atoms with Gasteiger partial charge < -0.3 is 14.5 Å². The first-order chi connectivity index (χ1) is 13.1. The largest absolute Gasteiger partial charge is 0.349 e. The van der Waals surface area contributed by atoms with Crippen molar-refractivity contribution in [1.29, 1.82) is 0 Å². The number of benzene rings is 1. The second kappa shape index (κ2) is 7.02. The number of hydrogen-bond donors (Lipinski definition) is 2. The highest BCUT2D eigenvalue weighted by molar-refractivity contribution is 5.92. The summed E-state index contributed by atoms with van der Waals surface area (Å²) in [5.41, 5.74) is 5.68. The number of hydrogen-bond acceptors (Lipinski definition) is 5. The van der Waals surface area contributed by atoms with Gasteiger partial charge in [-0.15, -0.1) is 10.2 Å². The molecule has 0 atom stereocenters. The molecule has 9 nitrogen and oxygen atoms in total. The maximum absolute atomic E-state index is 12.2. The van der Waals surface area contributed by atoms with Gasteiger partial charge >= 0.3 is 0 Å². The van der Waals surface area contributed by atoms with Gasteiger partial charge in [0, 0.05) is 13.1 Å². The van der Waals surface area contributed by atoms with Gasteiger partial charge in [-0.05, 0) is 43.2 Å². The first kappa shape index (κ1) is 17.0. The van der Waals surface area contributed by atoms with Crippen LogP contribution < -0.4 is 5.32 Å². The molecule has 0 aliphatic heterocycles. The molecule has 4 rings (SSSR count). The molecule has 138 valence electrons. The average molecular weight is 364 g/mol. The molecule has 4 aromatic rings. The highest BCUT2D eigenvalue weighted by atomic mass is 16.1. The Bertz CT molecular complexity index is 1080. The summed E-state index contributed by atoms with van der Waals surface area (Å²) in [4.78, 5) is 16.7. The summed E-state index contributed by atoms with van der Waals surface area (Å²) in [5.74, 6) is -0.215. The van der Waals surface area contributed by atoms with E-state index in [2.05, 4.69) is 56.7 Å². The Kier molecular flexibility index (Phi) is 4.41. The van der Waals surface area contributed by atoms with Gasteiger partial charge in [0.05, 0.1) is 29.6 Å². The predicted molar refractivity (Wildman–Crippen MR) is 99.3 cm³/mol. The topological polar surface area (TPSA) is 106 Å². The number of aromatic amines is 1. The normalized spacial score (nSPS) is 11.2. The maximum Gasteiger partial charge on any atom is 0.271 e. The molecule has 0 saturated carbocycles. The van der Waals surface area contributed by atoms with E-state index in [0.717, 1.165) is 16.7 Å². The predicted octanol–water partition coefficient (Wildman–Crippen LogP) is 1.45. The number of amides is 1. The lowest BCUT2D eigenvalue weighted by atomic mass is 10.1. The van der Waals surface area contributed by atoms with Crippen LogP contribution in [0.2, 0.25) is 0 Å². The summed E-state index contributed by atoms with van der Waals surface area (Å²) in [5, 5.41) is 17.3. The third-order valence-electron chi connectivity index (χ3n) is 4.56. The van der Waals surface area contributed by atoms with Crippen molar-refractivity contribution in [2.45, 2.75) is 26.9 Å². The van der Waals surface area contributed by atoms with Gasteiger partial charge in [-0.1, -0.05) is 0 Å². The summed E-state index contributed by atoms with van der Waals surface area (Å²) in [6, 6.07) is 5.98. The number of carbonyl (C=O) groups excluding carboxylic acids is 1. The number of H-pyrrole nitrogens is 1. The number of aryl methyl sites for hydroxylation is 2. The van der Waals surface area contributed by atoms with Gasteiger partial charge in [0.2, 0.25) is 0 Å². The lowest BCUT2D eigenvalue weighted by Gasteiger charge is -2.04. The molecule has 3 heterocycles. The van der Waals surface area contributed by atoms with Gasteiger partial charge in [-0.25, -0.2) is 4.98 Å². The van der Waals surface area contributed by atoms with Crippen molar-refractivity contribution >= 4 is 16.9 Å². The minimum absolute atomic E-state index is 0.215. The zero-order chi connectivity index (χ0) is 18.8. The molecule has 0 saturated heterocycles. The van der Waals surface area contributed by atoms with Gasteiger partial charge in [-0.3, -0.25) is 9.89 Å². The van der Waals surface area contributed by atoms with E-state index in [1.54, 1.807) is 23.3 Å².